The summed E-state index contributed by atoms with van der Waals surface area (Å²) < 4.78 is 10.4. The fourth-order valence-corrected chi connectivity index (χ4v) is 3.01. The Balaban J connectivity index is 1.95. The van der Waals surface area contributed by atoms with Crippen molar-refractivity contribution in [3.8, 4) is 11.5 Å². The number of carbonyl (C=O) groups excluding carboxylic acids is 2. The lowest BCUT2D eigenvalue weighted by Gasteiger charge is -2.13. The number of hydrogen-bond donors (Lipinski definition) is 2. The molecule has 6 nitrogen and oxygen atoms in total. The molecule has 0 heterocycles. The van der Waals surface area contributed by atoms with E-state index in [-0.39, 0.29) is 29.0 Å². The van der Waals surface area contributed by atoms with Crippen LogP contribution in [-0.4, -0.2) is 32.1 Å². The van der Waals surface area contributed by atoms with Crippen molar-refractivity contribution in [2.75, 3.05) is 20.3 Å². The topological polar surface area (TPSA) is 90.7 Å². The van der Waals surface area contributed by atoms with Crippen molar-refractivity contribution in [3.63, 3.8) is 0 Å². The van der Waals surface area contributed by atoms with Gasteiger partial charge in [-0.1, -0.05) is 40.9 Å². The molecule has 0 aliphatic heterocycles. The number of aryl methyl sites for hydroxylation is 1. The van der Waals surface area contributed by atoms with Gasteiger partial charge in [0.05, 0.1) is 22.2 Å². The minimum Gasteiger partial charge on any atom is -0.493 e. The van der Waals surface area contributed by atoms with Gasteiger partial charge >= 0.3 is 0 Å². The summed E-state index contributed by atoms with van der Waals surface area (Å²) in [6, 6.07) is 8.37. The van der Waals surface area contributed by atoms with Crippen molar-refractivity contribution in [2.45, 2.75) is 12.8 Å². The number of methoxy groups -OCH3 is 1. The fraction of sp³-hybridized carbons (Fsp3) is 0.263. The normalized spacial score (nSPS) is 10.4. The molecule has 150 valence electrons. The third-order valence-electron chi connectivity index (χ3n) is 3.76. The number of primary amides is 1. The van der Waals surface area contributed by atoms with Crippen molar-refractivity contribution < 1.29 is 19.1 Å². The van der Waals surface area contributed by atoms with E-state index in [1.807, 2.05) is 6.07 Å². The summed E-state index contributed by atoms with van der Waals surface area (Å²) in [7, 11) is 1.40. The lowest BCUT2D eigenvalue weighted by molar-refractivity contribution is -0.119. The van der Waals surface area contributed by atoms with Crippen LogP contribution in [0, 0.1) is 0 Å². The van der Waals surface area contributed by atoms with Gasteiger partial charge in [0, 0.05) is 12.1 Å². The number of benzene rings is 2. The Bertz CT molecular complexity index is 874. The Kier molecular flexibility index (Phi) is 8.23. The predicted octanol–water partition coefficient (Wildman–Crippen LogP) is 3.88. The van der Waals surface area contributed by atoms with Crippen LogP contribution in [0.4, 0.5) is 0 Å². The Labute approximate surface area is 177 Å². The van der Waals surface area contributed by atoms with Gasteiger partial charge < -0.3 is 20.5 Å². The Morgan fingerprint density at radius 3 is 2.46 bits per heavy atom. The van der Waals surface area contributed by atoms with Crippen LogP contribution in [0.15, 0.2) is 30.3 Å². The predicted molar refractivity (Wildman–Crippen MR) is 110 cm³/mol. The van der Waals surface area contributed by atoms with Gasteiger partial charge in [-0.2, -0.15) is 0 Å². The van der Waals surface area contributed by atoms with E-state index in [0.717, 1.165) is 12.0 Å². The molecule has 0 aromatic heterocycles. The second kappa shape index (κ2) is 10.4. The van der Waals surface area contributed by atoms with Gasteiger partial charge in [0.25, 0.3) is 11.8 Å². The molecule has 0 radical (unpaired) electrons. The molecule has 0 saturated carbocycles. The third-order valence-corrected chi connectivity index (χ3v) is 4.78. The number of nitrogens with one attached hydrogen (secondary N) is 1. The van der Waals surface area contributed by atoms with E-state index >= 15 is 0 Å². The summed E-state index contributed by atoms with van der Waals surface area (Å²) in [6.45, 7) is 0.106. The van der Waals surface area contributed by atoms with Crippen LogP contribution in [0.3, 0.4) is 0 Å². The van der Waals surface area contributed by atoms with E-state index in [9.17, 15) is 9.59 Å². The minimum atomic E-state index is -0.651. The largest absolute Gasteiger partial charge is 0.493 e. The second-order valence-corrected chi connectivity index (χ2v) is 7.07. The number of ether oxygens (including phenoxy) is 2. The Morgan fingerprint density at radius 2 is 1.82 bits per heavy atom. The molecule has 0 aliphatic carbocycles. The standard InChI is InChI=1S/C19H19Cl3N2O4/c1-27-16-9-12(8-15(22)18(16)28-10-17(23)25)19(26)24-6-2-3-11-4-5-13(20)14(21)7-11/h4-5,7-9H,2-3,6,10H2,1H3,(H2,23,25)(H,24,26). The molecular formula is C19H19Cl3N2O4. The van der Waals surface area contributed by atoms with Crippen molar-refractivity contribution in [3.05, 3.63) is 56.5 Å². The quantitative estimate of drug-likeness (QED) is 0.573. The zero-order chi connectivity index (χ0) is 20.7. The number of nitrogens with two attached hydrogens (primary N) is 1. The molecular weight excluding hydrogens is 427 g/mol. The van der Waals surface area contributed by atoms with E-state index in [1.54, 1.807) is 12.1 Å². The number of halogens is 3. The maximum absolute atomic E-state index is 12.4. The average molecular weight is 446 g/mol. The molecule has 0 spiro atoms. The van der Waals surface area contributed by atoms with Crippen LogP contribution in [-0.2, 0) is 11.2 Å². The molecule has 2 aromatic carbocycles. The molecule has 0 unspecified atom stereocenters. The minimum absolute atomic E-state index is 0.140. The number of hydrogen-bond acceptors (Lipinski definition) is 4. The molecule has 0 saturated heterocycles. The van der Waals surface area contributed by atoms with Crippen LogP contribution in [0.25, 0.3) is 0 Å². The second-order valence-electron chi connectivity index (χ2n) is 5.85. The first kappa shape index (κ1) is 22.1. The Hall–Kier alpha value is -2.15. The first-order valence-electron chi connectivity index (χ1n) is 8.32. The third kappa shape index (κ3) is 6.19. The van der Waals surface area contributed by atoms with Crippen LogP contribution >= 0.6 is 34.8 Å². The first-order valence-corrected chi connectivity index (χ1v) is 9.46. The fourth-order valence-electron chi connectivity index (χ4n) is 2.43. The number of rotatable bonds is 9. The van der Waals surface area contributed by atoms with E-state index in [1.165, 1.54) is 19.2 Å². The summed E-state index contributed by atoms with van der Waals surface area (Å²) in [4.78, 5) is 23.3. The molecule has 2 rings (SSSR count). The molecule has 9 heteroatoms. The number of amides is 2. The van der Waals surface area contributed by atoms with Gasteiger partial charge in [0.2, 0.25) is 0 Å². The van der Waals surface area contributed by atoms with Gasteiger partial charge in [-0.25, -0.2) is 0 Å². The molecule has 28 heavy (non-hydrogen) atoms. The zero-order valence-electron chi connectivity index (χ0n) is 15.1. The van der Waals surface area contributed by atoms with Gasteiger partial charge in [-0.3, -0.25) is 9.59 Å². The molecule has 0 atom stereocenters. The summed E-state index contributed by atoms with van der Waals surface area (Å²) in [5.74, 6) is -0.577. The lowest BCUT2D eigenvalue weighted by Crippen LogP contribution is -2.25. The number of carbonyl (C=O) groups is 2. The van der Waals surface area contributed by atoms with Crippen LogP contribution in [0.5, 0.6) is 11.5 Å². The Morgan fingerprint density at radius 1 is 1.07 bits per heavy atom. The summed E-state index contributed by atoms with van der Waals surface area (Å²) in [6.07, 6.45) is 1.45. The van der Waals surface area contributed by atoms with E-state index in [2.05, 4.69) is 5.32 Å². The maximum Gasteiger partial charge on any atom is 0.255 e. The smallest absolute Gasteiger partial charge is 0.255 e. The maximum atomic E-state index is 12.4. The molecule has 0 bridgehead atoms. The van der Waals surface area contributed by atoms with E-state index in [4.69, 9.17) is 50.0 Å². The molecule has 2 amide bonds. The van der Waals surface area contributed by atoms with E-state index < -0.39 is 5.91 Å². The van der Waals surface area contributed by atoms with Gasteiger partial charge in [0.15, 0.2) is 18.1 Å². The highest BCUT2D eigenvalue weighted by molar-refractivity contribution is 6.42. The van der Waals surface area contributed by atoms with E-state index in [0.29, 0.717) is 28.6 Å². The van der Waals surface area contributed by atoms with Gasteiger partial charge in [0.1, 0.15) is 0 Å². The van der Waals surface area contributed by atoms with Crippen LogP contribution in [0.2, 0.25) is 15.1 Å². The monoisotopic (exact) mass is 444 g/mol. The van der Waals surface area contributed by atoms with Crippen molar-refractivity contribution in [1.82, 2.24) is 5.32 Å². The van der Waals surface area contributed by atoms with Gasteiger partial charge in [-0.05, 0) is 42.7 Å². The SMILES string of the molecule is COc1cc(C(=O)NCCCc2ccc(Cl)c(Cl)c2)cc(Cl)c1OCC(N)=O. The summed E-state index contributed by atoms with van der Waals surface area (Å²) >= 11 is 18.0. The summed E-state index contributed by atoms with van der Waals surface area (Å²) in [5.41, 5.74) is 6.40. The molecule has 0 aliphatic rings. The summed E-state index contributed by atoms with van der Waals surface area (Å²) in [5, 5.41) is 3.97. The van der Waals surface area contributed by atoms with Crippen molar-refractivity contribution in [1.29, 1.82) is 0 Å². The highest BCUT2D eigenvalue weighted by Crippen LogP contribution is 2.36. The molecule has 2 aromatic rings. The first-order chi connectivity index (χ1) is 13.3. The molecule has 3 N–H and O–H groups in total. The van der Waals surface area contributed by atoms with Crippen molar-refractivity contribution >= 4 is 46.6 Å². The van der Waals surface area contributed by atoms with Crippen LogP contribution in [0.1, 0.15) is 22.3 Å². The van der Waals surface area contributed by atoms with Crippen molar-refractivity contribution in [2.24, 2.45) is 5.73 Å². The average Bonchev–Trinajstić information content (AvgIpc) is 2.66. The molecule has 0 fully saturated rings. The zero-order valence-corrected chi connectivity index (χ0v) is 17.3. The highest BCUT2D eigenvalue weighted by atomic mass is 35.5. The highest BCUT2D eigenvalue weighted by Gasteiger charge is 2.16. The lowest BCUT2D eigenvalue weighted by atomic mass is 10.1. The van der Waals surface area contributed by atoms with Gasteiger partial charge in [-0.15, -0.1) is 0 Å². The van der Waals surface area contributed by atoms with Crippen LogP contribution < -0.4 is 20.5 Å².